The summed E-state index contributed by atoms with van der Waals surface area (Å²) in [5.74, 6) is 0. The van der Waals surface area contributed by atoms with Gasteiger partial charge in [-0.3, -0.25) is 0 Å². The van der Waals surface area contributed by atoms with Gasteiger partial charge in [0.05, 0.1) is 0 Å². The molecule has 0 aliphatic heterocycles. The predicted molar refractivity (Wildman–Crippen MR) is 62.9 cm³/mol. The molecule has 1 aliphatic carbocycles. The van der Waals surface area contributed by atoms with Crippen LogP contribution in [0, 0.1) is 0 Å². The second-order valence-corrected chi connectivity index (χ2v) is 5.01. The third-order valence-electron chi connectivity index (χ3n) is 3.05. The van der Waals surface area contributed by atoms with Crippen molar-refractivity contribution < 1.29 is 0 Å². The molecule has 14 heavy (non-hydrogen) atoms. The smallest absolute Gasteiger partial charge is 0.0430 e. The molecule has 1 aliphatic rings. The molecule has 1 fully saturated rings. The Balaban J connectivity index is 2.44. The Morgan fingerprint density at radius 2 is 1.86 bits per heavy atom. The molecule has 0 heterocycles. The molecule has 4 N–H and O–H groups in total. The minimum absolute atomic E-state index is 0.187. The lowest BCUT2D eigenvalue weighted by Gasteiger charge is -2.25. The standard InChI is InChI=1S/C11H15BrN2/c12-8-3-4-10(13)9(7-8)11(14)5-1-2-6-11/h3-4,7H,1-2,5-6,13-14H2. The predicted octanol–water partition coefficient (Wildman–Crippen LogP) is 2.76. The lowest BCUT2D eigenvalue weighted by molar-refractivity contribution is 0.463. The van der Waals surface area contributed by atoms with E-state index < -0.39 is 0 Å². The number of nitrogen functional groups attached to an aromatic ring is 1. The van der Waals surface area contributed by atoms with Gasteiger partial charge in [-0.2, -0.15) is 0 Å². The second-order valence-electron chi connectivity index (χ2n) is 4.09. The van der Waals surface area contributed by atoms with Crippen molar-refractivity contribution >= 4 is 21.6 Å². The van der Waals surface area contributed by atoms with E-state index in [1.54, 1.807) is 0 Å². The van der Waals surface area contributed by atoms with Gasteiger partial charge < -0.3 is 11.5 Å². The molecule has 3 heteroatoms. The summed E-state index contributed by atoms with van der Waals surface area (Å²) in [4.78, 5) is 0. The van der Waals surface area contributed by atoms with Crippen molar-refractivity contribution in [1.82, 2.24) is 0 Å². The summed E-state index contributed by atoms with van der Waals surface area (Å²) in [6, 6.07) is 5.93. The first kappa shape index (κ1) is 9.99. The highest BCUT2D eigenvalue weighted by Crippen LogP contribution is 2.39. The summed E-state index contributed by atoms with van der Waals surface area (Å²) in [5.41, 5.74) is 14.0. The van der Waals surface area contributed by atoms with Crippen molar-refractivity contribution in [3.8, 4) is 0 Å². The largest absolute Gasteiger partial charge is 0.398 e. The number of rotatable bonds is 1. The van der Waals surface area contributed by atoms with Gasteiger partial charge in [0.1, 0.15) is 0 Å². The van der Waals surface area contributed by atoms with E-state index in [-0.39, 0.29) is 5.54 Å². The van der Waals surface area contributed by atoms with Gasteiger partial charge in [-0.25, -0.2) is 0 Å². The summed E-state index contributed by atoms with van der Waals surface area (Å²) in [7, 11) is 0. The van der Waals surface area contributed by atoms with Gasteiger partial charge in [0, 0.05) is 15.7 Å². The maximum atomic E-state index is 6.35. The Morgan fingerprint density at radius 3 is 2.50 bits per heavy atom. The van der Waals surface area contributed by atoms with E-state index in [2.05, 4.69) is 22.0 Å². The van der Waals surface area contributed by atoms with Gasteiger partial charge in [0.15, 0.2) is 0 Å². The topological polar surface area (TPSA) is 52.0 Å². The Kier molecular flexibility index (Phi) is 2.54. The van der Waals surface area contributed by atoms with Gasteiger partial charge in [0.2, 0.25) is 0 Å². The molecule has 0 saturated heterocycles. The second kappa shape index (κ2) is 3.55. The Labute approximate surface area is 92.8 Å². The van der Waals surface area contributed by atoms with E-state index in [0.717, 1.165) is 28.6 Å². The molecule has 0 spiro atoms. The van der Waals surface area contributed by atoms with Crippen LogP contribution in [0.5, 0.6) is 0 Å². The molecule has 1 aromatic rings. The average Bonchev–Trinajstić information content (AvgIpc) is 2.58. The van der Waals surface area contributed by atoms with Gasteiger partial charge >= 0.3 is 0 Å². The molecule has 0 bridgehead atoms. The quantitative estimate of drug-likeness (QED) is 0.758. The molecule has 0 aromatic heterocycles. The first-order chi connectivity index (χ1) is 6.62. The zero-order valence-electron chi connectivity index (χ0n) is 8.09. The fourth-order valence-electron chi connectivity index (χ4n) is 2.23. The molecular formula is C11H15BrN2. The van der Waals surface area contributed by atoms with Gasteiger partial charge in [0.25, 0.3) is 0 Å². The summed E-state index contributed by atoms with van der Waals surface area (Å²) in [5, 5.41) is 0. The molecule has 1 saturated carbocycles. The van der Waals surface area contributed by atoms with Crippen LogP contribution in [0.3, 0.4) is 0 Å². The molecule has 1 aromatic carbocycles. The zero-order valence-corrected chi connectivity index (χ0v) is 9.68. The zero-order chi connectivity index (χ0) is 10.2. The third-order valence-corrected chi connectivity index (χ3v) is 3.54. The molecular weight excluding hydrogens is 240 g/mol. The molecule has 0 atom stereocenters. The van der Waals surface area contributed by atoms with Crippen LogP contribution in [0.1, 0.15) is 31.2 Å². The molecule has 2 nitrogen and oxygen atoms in total. The Bertz CT molecular complexity index is 343. The van der Waals surface area contributed by atoms with Crippen molar-refractivity contribution in [3.05, 3.63) is 28.2 Å². The Morgan fingerprint density at radius 1 is 1.21 bits per heavy atom. The van der Waals surface area contributed by atoms with Crippen LogP contribution in [0.25, 0.3) is 0 Å². The molecule has 76 valence electrons. The average molecular weight is 255 g/mol. The Hall–Kier alpha value is -0.540. The summed E-state index contributed by atoms with van der Waals surface area (Å²) < 4.78 is 1.05. The maximum Gasteiger partial charge on any atom is 0.0430 e. The van der Waals surface area contributed by atoms with E-state index in [1.807, 2.05) is 12.1 Å². The van der Waals surface area contributed by atoms with Crippen molar-refractivity contribution in [2.75, 3.05) is 5.73 Å². The normalized spacial score (nSPS) is 19.9. The van der Waals surface area contributed by atoms with E-state index in [1.165, 1.54) is 12.8 Å². The van der Waals surface area contributed by atoms with Crippen LogP contribution < -0.4 is 11.5 Å². The minimum Gasteiger partial charge on any atom is -0.398 e. The lowest BCUT2D eigenvalue weighted by atomic mass is 9.88. The van der Waals surface area contributed by atoms with Gasteiger partial charge in [-0.05, 0) is 36.6 Å². The highest BCUT2D eigenvalue weighted by atomic mass is 79.9. The molecule has 0 radical (unpaired) electrons. The van der Waals surface area contributed by atoms with Crippen molar-refractivity contribution in [2.24, 2.45) is 5.73 Å². The van der Waals surface area contributed by atoms with Crippen LogP contribution >= 0.6 is 15.9 Å². The summed E-state index contributed by atoms with van der Waals surface area (Å²) in [6.07, 6.45) is 4.52. The van der Waals surface area contributed by atoms with E-state index in [0.29, 0.717) is 0 Å². The number of hydrogen-bond donors (Lipinski definition) is 2. The molecule has 2 rings (SSSR count). The number of benzene rings is 1. The van der Waals surface area contributed by atoms with Crippen LogP contribution in [-0.2, 0) is 5.54 Å². The highest BCUT2D eigenvalue weighted by molar-refractivity contribution is 9.10. The summed E-state index contributed by atoms with van der Waals surface area (Å²) >= 11 is 3.46. The number of nitrogens with two attached hydrogens (primary N) is 2. The van der Waals surface area contributed by atoms with E-state index in [4.69, 9.17) is 11.5 Å². The van der Waals surface area contributed by atoms with E-state index >= 15 is 0 Å². The van der Waals surface area contributed by atoms with Gasteiger partial charge in [-0.15, -0.1) is 0 Å². The number of halogens is 1. The van der Waals surface area contributed by atoms with Crippen molar-refractivity contribution in [3.63, 3.8) is 0 Å². The van der Waals surface area contributed by atoms with Gasteiger partial charge in [-0.1, -0.05) is 28.8 Å². The third kappa shape index (κ3) is 1.66. The maximum absolute atomic E-state index is 6.35. The van der Waals surface area contributed by atoms with Crippen LogP contribution in [-0.4, -0.2) is 0 Å². The SMILES string of the molecule is Nc1ccc(Br)cc1C1(N)CCCC1. The fraction of sp³-hybridized carbons (Fsp3) is 0.455. The monoisotopic (exact) mass is 254 g/mol. The molecule has 0 unspecified atom stereocenters. The van der Waals surface area contributed by atoms with Crippen molar-refractivity contribution in [1.29, 1.82) is 0 Å². The summed E-state index contributed by atoms with van der Waals surface area (Å²) in [6.45, 7) is 0. The minimum atomic E-state index is -0.187. The van der Waals surface area contributed by atoms with Crippen LogP contribution in [0.4, 0.5) is 5.69 Å². The fourth-order valence-corrected chi connectivity index (χ4v) is 2.60. The van der Waals surface area contributed by atoms with Crippen LogP contribution in [0.2, 0.25) is 0 Å². The lowest BCUT2D eigenvalue weighted by Crippen LogP contribution is -2.33. The number of anilines is 1. The number of hydrogen-bond acceptors (Lipinski definition) is 2. The highest BCUT2D eigenvalue weighted by Gasteiger charge is 2.32. The first-order valence-electron chi connectivity index (χ1n) is 4.96. The molecule has 0 amide bonds. The van der Waals surface area contributed by atoms with Crippen LogP contribution in [0.15, 0.2) is 22.7 Å². The first-order valence-corrected chi connectivity index (χ1v) is 5.75. The van der Waals surface area contributed by atoms with Crippen molar-refractivity contribution in [2.45, 2.75) is 31.2 Å². The van der Waals surface area contributed by atoms with E-state index in [9.17, 15) is 0 Å².